The normalized spacial score (nSPS) is 19.5. The van der Waals surface area contributed by atoms with Crippen LogP contribution in [0.3, 0.4) is 0 Å². The molecular formula is C24H24N4O5. The Bertz CT molecular complexity index is 1220. The van der Waals surface area contributed by atoms with E-state index in [1.165, 1.54) is 0 Å². The Balaban J connectivity index is 1.60. The molecule has 0 saturated carbocycles. The number of nitrogens with one attached hydrogen (secondary N) is 2. The molecule has 1 aliphatic carbocycles. The van der Waals surface area contributed by atoms with Crippen LogP contribution in [0.4, 0.5) is 11.6 Å². The number of benzene rings is 2. The molecule has 170 valence electrons. The molecule has 0 spiro atoms. The minimum absolute atomic E-state index is 0.0175. The van der Waals surface area contributed by atoms with Crippen LogP contribution in [-0.2, 0) is 4.79 Å². The van der Waals surface area contributed by atoms with Crippen LogP contribution >= 0.6 is 0 Å². The van der Waals surface area contributed by atoms with Gasteiger partial charge in [-0.15, -0.1) is 0 Å². The lowest BCUT2D eigenvalue weighted by atomic mass is 9.78. The molecule has 0 amide bonds. The van der Waals surface area contributed by atoms with E-state index in [-0.39, 0.29) is 11.7 Å². The summed E-state index contributed by atoms with van der Waals surface area (Å²) in [5.41, 5.74) is 3.25. The van der Waals surface area contributed by atoms with Gasteiger partial charge in [-0.1, -0.05) is 12.1 Å². The number of allylic oxidation sites excluding steroid dienone is 1. The number of carbonyl (C=O) groups excluding carboxylic acids is 1. The quantitative estimate of drug-likeness (QED) is 0.597. The van der Waals surface area contributed by atoms with Crippen molar-refractivity contribution in [1.29, 1.82) is 0 Å². The highest BCUT2D eigenvalue weighted by Gasteiger charge is 2.38. The molecule has 0 radical (unpaired) electrons. The second-order valence-corrected chi connectivity index (χ2v) is 7.97. The van der Waals surface area contributed by atoms with E-state index < -0.39 is 6.04 Å². The summed E-state index contributed by atoms with van der Waals surface area (Å²) >= 11 is 0. The number of fused-ring (bicyclic) bond motifs is 1. The summed E-state index contributed by atoms with van der Waals surface area (Å²) in [6.45, 7) is 0. The number of hydrogen-bond acceptors (Lipinski definition) is 9. The Hall–Kier alpha value is -4.01. The zero-order valence-electron chi connectivity index (χ0n) is 18.5. The van der Waals surface area contributed by atoms with Gasteiger partial charge >= 0.3 is 0 Å². The molecule has 2 heterocycles. The fourth-order valence-electron chi connectivity index (χ4n) is 4.51. The second-order valence-electron chi connectivity index (χ2n) is 7.97. The fraction of sp³-hybridized carbons (Fsp3) is 0.292. The van der Waals surface area contributed by atoms with E-state index >= 15 is 0 Å². The third kappa shape index (κ3) is 3.75. The monoisotopic (exact) mass is 448 g/mol. The number of aromatic nitrogens is 2. The Labute approximate surface area is 190 Å². The molecule has 2 aromatic carbocycles. The third-order valence-corrected chi connectivity index (χ3v) is 6.17. The second kappa shape index (κ2) is 8.50. The van der Waals surface area contributed by atoms with E-state index in [0.29, 0.717) is 41.5 Å². The molecule has 1 aliphatic heterocycles. The van der Waals surface area contributed by atoms with Gasteiger partial charge in [-0.25, -0.2) is 4.63 Å². The zero-order valence-corrected chi connectivity index (χ0v) is 18.5. The number of ketones is 1. The molecule has 0 fully saturated rings. The maximum atomic E-state index is 13.6. The maximum absolute atomic E-state index is 13.6. The predicted molar refractivity (Wildman–Crippen MR) is 121 cm³/mol. The van der Waals surface area contributed by atoms with Crippen molar-refractivity contribution in [3.05, 3.63) is 64.9 Å². The first-order chi connectivity index (χ1) is 16.1. The average Bonchev–Trinajstić information content (AvgIpc) is 3.22. The third-order valence-electron chi connectivity index (χ3n) is 6.17. The number of anilines is 2. The zero-order chi connectivity index (χ0) is 22.9. The van der Waals surface area contributed by atoms with Crippen molar-refractivity contribution in [3.8, 4) is 17.2 Å². The van der Waals surface area contributed by atoms with Crippen LogP contribution in [0, 0.1) is 0 Å². The fourth-order valence-corrected chi connectivity index (χ4v) is 4.51. The summed E-state index contributed by atoms with van der Waals surface area (Å²) in [7, 11) is 4.83. The maximum Gasteiger partial charge on any atom is 0.219 e. The van der Waals surface area contributed by atoms with Gasteiger partial charge in [0.15, 0.2) is 5.78 Å². The van der Waals surface area contributed by atoms with Gasteiger partial charge in [-0.05, 0) is 58.5 Å². The molecule has 0 bridgehead atoms. The SMILES string of the molecule is COc1ccc(C2CC(=O)C3=C(C2)Nc2nonc2NC3c2cc(OC)ccc2OC)cc1. The predicted octanol–water partition coefficient (Wildman–Crippen LogP) is 4.07. The lowest BCUT2D eigenvalue weighted by Crippen LogP contribution is -2.27. The first-order valence-electron chi connectivity index (χ1n) is 10.6. The van der Waals surface area contributed by atoms with E-state index in [0.717, 1.165) is 22.6 Å². The standard InChI is InChI=1S/C24H24N4O5/c1-30-15-6-4-13(5-7-15)14-10-18-21(19(29)11-14)22(26-24-23(25-18)27-33-28-24)17-12-16(31-2)8-9-20(17)32-3/h4-9,12,14,22H,10-11H2,1-3H3,(H,25,27)(H,26,28). The topological polar surface area (TPSA) is 108 Å². The molecule has 9 heteroatoms. The highest BCUT2D eigenvalue weighted by molar-refractivity contribution is 6.01. The Morgan fingerprint density at radius 3 is 2.36 bits per heavy atom. The van der Waals surface area contributed by atoms with E-state index in [2.05, 4.69) is 20.9 Å². The van der Waals surface area contributed by atoms with E-state index in [1.807, 2.05) is 42.5 Å². The highest BCUT2D eigenvalue weighted by Crippen LogP contribution is 2.45. The molecule has 9 nitrogen and oxygen atoms in total. The van der Waals surface area contributed by atoms with Gasteiger partial charge in [0.25, 0.3) is 0 Å². The smallest absolute Gasteiger partial charge is 0.219 e. The summed E-state index contributed by atoms with van der Waals surface area (Å²) in [4.78, 5) is 13.6. The van der Waals surface area contributed by atoms with Crippen molar-refractivity contribution in [1.82, 2.24) is 10.3 Å². The van der Waals surface area contributed by atoms with Crippen molar-refractivity contribution >= 4 is 17.4 Å². The molecule has 2 N–H and O–H groups in total. The molecule has 3 aromatic rings. The van der Waals surface area contributed by atoms with E-state index in [1.54, 1.807) is 21.3 Å². The number of hydrogen-bond donors (Lipinski definition) is 2. The summed E-state index contributed by atoms with van der Waals surface area (Å²) in [6, 6.07) is 12.8. The molecular weight excluding hydrogens is 424 g/mol. The van der Waals surface area contributed by atoms with Gasteiger partial charge in [0.1, 0.15) is 17.2 Å². The van der Waals surface area contributed by atoms with Crippen LogP contribution in [0.2, 0.25) is 0 Å². The molecule has 33 heavy (non-hydrogen) atoms. The van der Waals surface area contributed by atoms with Crippen molar-refractivity contribution in [2.45, 2.75) is 24.8 Å². The van der Waals surface area contributed by atoms with Crippen molar-refractivity contribution in [3.63, 3.8) is 0 Å². The molecule has 5 rings (SSSR count). The Morgan fingerprint density at radius 2 is 1.64 bits per heavy atom. The van der Waals surface area contributed by atoms with Gasteiger partial charge in [0.05, 0.1) is 27.4 Å². The molecule has 2 unspecified atom stereocenters. The number of methoxy groups -OCH3 is 3. The van der Waals surface area contributed by atoms with Crippen LogP contribution in [0.5, 0.6) is 17.2 Å². The minimum atomic E-state index is -0.519. The Kier molecular flexibility index (Phi) is 5.37. The van der Waals surface area contributed by atoms with Crippen molar-refractivity contribution < 1.29 is 23.6 Å². The molecule has 1 aromatic heterocycles. The first kappa shape index (κ1) is 20.9. The molecule has 2 atom stereocenters. The van der Waals surface area contributed by atoms with Crippen LogP contribution < -0.4 is 24.8 Å². The summed E-state index contributed by atoms with van der Waals surface area (Å²) in [5.74, 6) is 2.98. The van der Waals surface area contributed by atoms with Gasteiger partial charge in [0, 0.05) is 23.3 Å². The minimum Gasteiger partial charge on any atom is -0.497 e. The van der Waals surface area contributed by atoms with Crippen LogP contribution in [0.25, 0.3) is 0 Å². The average molecular weight is 448 g/mol. The largest absolute Gasteiger partial charge is 0.497 e. The summed E-state index contributed by atoms with van der Waals surface area (Å²) < 4.78 is 21.3. The van der Waals surface area contributed by atoms with Gasteiger partial charge in [-0.2, -0.15) is 0 Å². The van der Waals surface area contributed by atoms with Crippen LogP contribution in [0.15, 0.2) is 58.4 Å². The first-order valence-corrected chi connectivity index (χ1v) is 10.6. The van der Waals surface area contributed by atoms with Crippen molar-refractivity contribution in [2.75, 3.05) is 32.0 Å². The molecule has 2 aliphatic rings. The van der Waals surface area contributed by atoms with E-state index in [4.69, 9.17) is 18.8 Å². The number of Topliss-reactive ketones (excluding diaryl/α,β-unsaturated/α-hetero) is 1. The lowest BCUT2D eigenvalue weighted by Gasteiger charge is -2.30. The van der Waals surface area contributed by atoms with Crippen molar-refractivity contribution in [2.24, 2.45) is 0 Å². The van der Waals surface area contributed by atoms with Gasteiger partial charge < -0.3 is 24.8 Å². The summed E-state index contributed by atoms with van der Waals surface area (Å²) in [6.07, 6.45) is 1.01. The Morgan fingerprint density at radius 1 is 0.909 bits per heavy atom. The van der Waals surface area contributed by atoms with E-state index in [9.17, 15) is 4.79 Å². The summed E-state index contributed by atoms with van der Waals surface area (Å²) in [5, 5.41) is 14.6. The number of rotatable bonds is 5. The number of nitrogens with zero attached hydrogens (tertiary/aromatic N) is 2. The number of carbonyl (C=O) groups is 1. The van der Waals surface area contributed by atoms with Crippen LogP contribution in [-0.4, -0.2) is 37.4 Å². The van der Waals surface area contributed by atoms with Gasteiger partial charge in [-0.3, -0.25) is 4.79 Å². The highest BCUT2D eigenvalue weighted by atomic mass is 16.6. The van der Waals surface area contributed by atoms with Crippen LogP contribution in [0.1, 0.15) is 35.9 Å². The van der Waals surface area contributed by atoms with Gasteiger partial charge in [0.2, 0.25) is 11.6 Å². The lowest BCUT2D eigenvalue weighted by molar-refractivity contribution is -0.116. The number of ether oxygens (including phenoxy) is 3. The molecule has 0 saturated heterocycles.